The van der Waals surface area contributed by atoms with Crippen molar-refractivity contribution >= 4 is 23.2 Å². The van der Waals surface area contributed by atoms with Gasteiger partial charge in [0.25, 0.3) is 5.91 Å². The third kappa shape index (κ3) is 5.12. The Morgan fingerprint density at radius 1 is 0.903 bits per heavy atom. The van der Waals surface area contributed by atoms with Crippen LogP contribution >= 0.6 is 11.6 Å². The molecule has 1 fully saturated rings. The minimum atomic E-state index is 0.0600. The average molecular weight is 437 g/mol. The summed E-state index contributed by atoms with van der Waals surface area (Å²) in [6.45, 7) is 3.35. The zero-order valence-electron chi connectivity index (χ0n) is 17.5. The number of benzene rings is 3. The van der Waals surface area contributed by atoms with E-state index in [0.717, 1.165) is 35.8 Å². The zero-order chi connectivity index (χ0) is 21.6. The maximum Gasteiger partial charge on any atom is 0.253 e. The van der Waals surface area contributed by atoms with Gasteiger partial charge in [0, 0.05) is 36.8 Å². The van der Waals surface area contributed by atoms with Gasteiger partial charge in [-0.1, -0.05) is 35.9 Å². The quantitative estimate of drug-likeness (QED) is 0.551. The van der Waals surface area contributed by atoms with Crippen LogP contribution in [0.25, 0.3) is 0 Å². The smallest absolute Gasteiger partial charge is 0.253 e. The lowest BCUT2D eigenvalue weighted by molar-refractivity contribution is 0.0746. The van der Waals surface area contributed by atoms with E-state index in [0.29, 0.717) is 30.3 Å². The molecule has 4 rings (SSSR count). The molecular weight excluding hydrogens is 412 g/mol. The van der Waals surface area contributed by atoms with E-state index in [9.17, 15) is 4.79 Å². The predicted molar refractivity (Wildman–Crippen MR) is 123 cm³/mol. The number of rotatable bonds is 6. The van der Waals surface area contributed by atoms with E-state index >= 15 is 0 Å². The number of piperazine rings is 1. The van der Waals surface area contributed by atoms with Crippen LogP contribution in [0.15, 0.2) is 72.8 Å². The Bertz CT molecular complexity index is 1010. The SMILES string of the molecule is COc1ccccc1N1CCN(C(=O)c2ccc(COc3ccc(Cl)cc3)cc2)CC1. The summed E-state index contributed by atoms with van der Waals surface area (Å²) in [5.41, 5.74) is 2.77. The highest BCUT2D eigenvalue weighted by Gasteiger charge is 2.23. The molecule has 0 unspecified atom stereocenters. The molecule has 0 N–H and O–H groups in total. The number of hydrogen-bond acceptors (Lipinski definition) is 4. The summed E-state index contributed by atoms with van der Waals surface area (Å²) in [5.74, 6) is 1.68. The van der Waals surface area contributed by atoms with Gasteiger partial charge in [0.15, 0.2) is 0 Å². The molecule has 3 aromatic rings. The number of amides is 1. The normalized spacial score (nSPS) is 13.7. The lowest BCUT2D eigenvalue weighted by Crippen LogP contribution is -2.48. The molecule has 0 bridgehead atoms. The summed E-state index contributed by atoms with van der Waals surface area (Å²) < 4.78 is 11.2. The van der Waals surface area contributed by atoms with Crippen LogP contribution in [0.2, 0.25) is 5.02 Å². The summed E-state index contributed by atoms with van der Waals surface area (Å²) in [5, 5.41) is 0.680. The van der Waals surface area contributed by atoms with Crippen LogP contribution in [0, 0.1) is 0 Å². The van der Waals surface area contributed by atoms with E-state index in [4.69, 9.17) is 21.1 Å². The monoisotopic (exact) mass is 436 g/mol. The van der Waals surface area contributed by atoms with Crippen LogP contribution < -0.4 is 14.4 Å². The van der Waals surface area contributed by atoms with Crippen LogP contribution in [0.3, 0.4) is 0 Å². The van der Waals surface area contributed by atoms with Crippen molar-refractivity contribution in [2.75, 3.05) is 38.2 Å². The summed E-state index contributed by atoms with van der Waals surface area (Å²) in [7, 11) is 1.68. The molecule has 1 aliphatic rings. The molecule has 0 radical (unpaired) electrons. The first-order chi connectivity index (χ1) is 15.1. The number of para-hydroxylation sites is 2. The van der Waals surface area contributed by atoms with Crippen molar-refractivity contribution in [3.63, 3.8) is 0 Å². The first-order valence-electron chi connectivity index (χ1n) is 10.3. The average Bonchev–Trinajstić information content (AvgIpc) is 2.83. The standard InChI is InChI=1S/C25H25ClN2O3/c1-30-24-5-3-2-4-23(24)27-14-16-28(17-15-27)25(29)20-8-6-19(7-9-20)18-31-22-12-10-21(26)11-13-22/h2-13H,14-18H2,1H3. The molecule has 1 heterocycles. The summed E-state index contributed by atoms with van der Waals surface area (Å²) in [4.78, 5) is 17.1. The number of hydrogen-bond donors (Lipinski definition) is 0. The molecule has 1 amide bonds. The van der Waals surface area contributed by atoms with Gasteiger partial charge in [-0.3, -0.25) is 4.79 Å². The second kappa shape index (κ2) is 9.75. The fourth-order valence-electron chi connectivity index (χ4n) is 3.67. The molecule has 0 aliphatic carbocycles. The fourth-order valence-corrected chi connectivity index (χ4v) is 3.79. The molecule has 1 aliphatic heterocycles. The van der Waals surface area contributed by atoms with Crippen molar-refractivity contribution in [2.24, 2.45) is 0 Å². The molecule has 1 saturated heterocycles. The van der Waals surface area contributed by atoms with Gasteiger partial charge in [-0.05, 0) is 54.1 Å². The van der Waals surface area contributed by atoms with E-state index in [-0.39, 0.29) is 5.91 Å². The predicted octanol–water partition coefficient (Wildman–Crippen LogP) is 4.89. The van der Waals surface area contributed by atoms with Crippen molar-refractivity contribution in [3.05, 3.63) is 88.9 Å². The van der Waals surface area contributed by atoms with Crippen LogP contribution in [-0.4, -0.2) is 44.1 Å². The van der Waals surface area contributed by atoms with Gasteiger partial charge in [0.05, 0.1) is 12.8 Å². The number of carbonyl (C=O) groups is 1. The highest BCUT2D eigenvalue weighted by molar-refractivity contribution is 6.30. The molecule has 0 saturated carbocycles. The van der Waals surface area contributed by atoms with Gasteiger partial charge >= 0.3 is 0 Å². The Hall–Kier alpha value is -3.18. The van der Waals surface area contributed by atoms with Crippen LogP contribution in [0.1, 0.15) is 15.9 Å². The number of methoxy groups -OCH3 is 1. The molecule has 160 valence electrons. The number of nitrogens with zero attached hydrogens (tertiary/aromatic N) is 2. The van der Waals surface area contributed by atoms with E-state index in [1.54, 1.807) is 19.2 Å². The summed E-state index contributed by atoms with van der Waals surface area (Å²) in [6, 6.07) is 22.9. The highest BCUT2D eigenvalue weighted by atomic mass is 35.5. The molecule has 31 heavy (non-hydrogen) atoms. The zero-order valence-corrected chi connectivity index (χ0v) is 18.2. The Kier molecular flexibility index (Phi) is 6.63. The maximum atomic E-state index is 12.9. The second-order valence-corrected chi connectivity index (χ2v) is 7.83. The molecular formula is C25H25ClN2O3. The Labute approximate surface area is 187 Å². The number of ether oxygens (including phenoxy) is 2. The van der Waals surface area contributed by atoms with E-state index in [1.807, 2.05) is 59.5 Å². The number of carbonyl (C=O) groups excluding carboxylic acids is 1. The molecule has 0 spiro atoms. The topological polar surface area (TPSA) is 42.0 Å². The summed E-state index contributed by atoms with van der Waals surface area (Å²) in [6.07, 6.45) is 0. The van der Waals surface area contributed by atoms with Crippen LogP contribution in [-0.2, 0) is 6.61 Å². The van der Waals surface area contributed by atoms with Crippen molar-refractivity contribution in [1.82, 2.24) is 4.90 Å². The Balaban J connectivity index is 1.32. The Morgan fingerprint density at radius 3 is 2.26 bits per heavy atom. The first-order valence-corrected chi connectivity index (χ1v) is 10.7. The molecule has 5 nitrogen and oxygen atoms in total. The third-order valence-electron chi connectivity index (χ3n) is 5.41. The molecule has 0 atom stereocenters. The number of halogens is 1. The molecule has 6 heteroatoms. The second-order valence-electron chi connectivity index (χ2n) is 7.39. The summed E-state index contributed by atoms with van der Waals surface area (Å²) >= 11 is 5.89. The fraction of sp³-hybridized carbons (Fsp3) is 0.240. The highest BCUT2D eigenvalue weighted by Crippen LogP contribution is 2.28. The van der Waals surface area contributed by atoms with E-state index in [1.165, 1.54) is 0 Å². The molecule has 3 aromatic carbocycles. The van der Waals surface area contributed by atoms with Gasteiger partial charge < -0.3 is 19.3 Å². The lowest BCUT2D eigenvalue weighted by Gasteiger charge is -2.36. The molecule has 0 aromatic heterocycles. The van der Waals surface area contributed by atoms with Crippen LogP contribution in [0.5, 0.6) is 11.5 Å². The van der Waals surface area contributed by atoms with E-state index < -0.39 is 0 Å². The minimum Gasteiger partial charge on any atom is -0.495 e. The van der Waals surface area contributed by atoms with Gasteiger partial charge in [-0.25, -0.2) is 0 Å². The van der Waals surface area contributed by atoms with Crippen LogP contribution in [0.4, 0.5) is 5.69 Å². The number of anilines is 1. The van der Waals surface area contributed by atoms with Gasteiger partial charge in [0.1, 0.15) is 18.1 Å². The minimum absolute atomic E-state index is 0.0600. The van der Waals surface area contributed by atoms with E-state index in [2.05, 4.69) is 11.0 Å². The van der Waals surface area contributed by atoms with Crippen molar-refractivity contribution in [3.8, 4) is 11.5 Å². The Morgan fingerprint density at radius 2 is 1.58 bits per heavy atom. The lowest BCUT2D eigenvalue weighted by atomic mass is 10.1. The maximum absolute atomic E-state index is 12.9. The van der Waals surface area contributed by atoms with Crippen molar-refractivity contribution in [1.29, 1.82) is 0 Å². The van der Waals surface area contributed by atoms with Gasteiger partial charge in [-0.2, -0.15) is 0 Å². The van der Waals surface area contributed by atoms with Crippen molar-refractivity contribution < 1.29 is 14.3 Å². The first kappa shape index (κ1) is 21.1. The van der Waals surface area contributed by atoms with Crippen molar-refractivity contribution in [2.45, 2.75) is 6.61 Å². The third-order valence-corrected chi connectivity index (χ3v) is 5.66. The largest absolute Gasteiger partial charge is 0.495 e. The van der Waals surface area contributed by atoms with Gasteiger partial charge in [-0.15, -0.1) is 0 Å². The van der Waals surface area contributed by atoms with Gasteiger partial charge in [0.2, 0.25) is 0 Å².